The summed E-state index contributed by atoms with van der Waals surface area (Å²) in [6, 6.07) is 13.0. The number of unbranched alkanes of at least 4 members (excludes halogenated alkanes) is 2. The molecule has 0 saturated carbocycles. The molecule has 0 aliphatic carbocycles. The van der Waals surface area contributed by atoms with Crippen molar-refractivity contribution in [2.75, 3.05) is 13.2 Å². The van der Waals surface area contributed by atoms with Crippen molar-refractivity contribution in [1.82, 2.24) is 0 Å². The molecule has 0 heterocycles. The standard InChI is InChI=1S/C26H34O5/c1-3-5-12-24(27)21-13-14-25(22(19-21)9-4-2)31-16-7-6-15-30-23-11-8-10-20(17-23)18-26(28)29/h8,10-11,13-14,17,19H,3-7,9,12,15-16,18H2,1-2H3,(H,28,29). The summed E-state index contributed by atoms with van der Waals surface area (Å²) in [6.45, 7) is 5.35. The Bertz CT molecular complexity index is 843. The maximum absolute atomic E-state index is 12.3. The van der Waals surface area contributed by atoms with E-state index >= 15 is 0 Å². The Balaban J connectivity index is 1.78. The molecule has 0 aliphatic rings. The first-order chi connectivity index (χ1) is 15.0. The van der Waals surface area contributed by atoms with Gasteiger partial charge in [0.05, 0.1) is 19.6 Å². The quantitative estimate of drug-likeness (QED) is 0.284. The largest absolute Gasteiger partial charge is 0.494 e. The van der Waals surface area contributed by atoms with Gasteiger partial charge in [0.15, 0.2) is 5.78 Å². The summed E-state index contributed by atoms with van der Waals surface area (Å²) in [5.41, 5.74) is 2.60. The summed E-state index contributed by atoms with van der Waals surface area (Å²) in [7, 11) is 0. The van der Waals surface area contributed by atoms with E-state index in [-0.39, 0.29) is 12.2 Å². The van der Waals surface area contributed by atoms with E-state index in [0.717, 1.165) is 61.0 Å². The van der Waals surface area contributed by atoms with Crippen LogP contribution in [0.1, 0.15) is 73.9 Å². The van der Waals surface area contributed by atoms with Crippen molar-refractivity contribution in [3.63, 3.8) is 0 Å². The number of ketones is 1. The summed E-state index contributed by atoms with van der Waals surface area (Å²) >= 11 is 0. The molecule has 0 radical (unpaired) electrons. The molecule has 0 aromatic heterocycles. The van der Waals surface area contributed by atoms with Gasteiger partial charge in [0, 0.05) is 12.0 Å². The average Bonchev–Trinajstić information content (AvgIpc) is 2.75. The van der Waals surface area contributed by atoms with Crippen molar-refractivity contribution in [3.05, 3.63) is 59.2 Å². The van der Waals surface area contributed by atoms with E-state index in [1.54, 1.807) is 12.1 Å². The molecule has 0 atom stereocenters. The maximum atomic E-state index is 12.3. The number of ether oxygens (including phenoxy) is 2. The number of carboxylic acids is 1. The monoisotopic (exact) mass is 426 g/mol. The molecule has 2 aromatic rings. The van der Waals surface area contributed by atoms with Crippen LogP contribution in [0.3, 0.4) is 0 Å². The fourth-order valence-electron chi connectivity index (χ4n) is 3.34. The Morgan fingerprint density at radius 2 is 1.68 bits per heavy atom. The lowest BCUT2D eigenvalue weighted by Crippen LogP contribution is -2.06. The Morgan fingerprint density at radius 1 is 0.903 bits per heavy atom. The first kappa shape index (κ1) is 24.4. The van der Waals surface area contributed by atoms with E-state index in [2.05, 4.69) is 13.8 Å². The van der Waals surface area contributed by atoms with E-state index < -0.39 is 5.97 Å². The minimum atomic E-state index is -0.852. The number of hydrogen-bond donors (Lipinski definition) is 1. The number of hydrogen-bond acceptors (Lipinski definition) is 4. The Labute approximate surface area is 185 Å². The van der Waals surface area contributed by atoms with Crippen molar-refractivity contribution < 1.29 is 24.2 Å². The second-order valence-electron chi connectivity index (χ2n) is 7.72. The molecular formula is C26H34O5. The molecule has 2 rings (SSSR count). The molecule has 5 nitrogen and oxygen atoms in total. The summed E-state index contributed by atoms with van der Waals surface area (Å²) < 4.78 is 11.7. The lowest BCUT2D eigenvalue weighted by atomic mass is 10.0. The molecule has 31 heavy (non-hydrogen) atoms. The molecule has 5 heteroatoms. The smallest absolute Gasteiger partial charge is 0.307 e. The Kier molecular flexibility index (Phi) is 10.6. The zero-order valence-corrected chi connectivity index (χ0v) is 18.7. The SMILES string of the molecule is CCCCC(=O)c1ccc(OCCCCOc2cccc(CC(=O)O)c2)c(CCC)c1. The van der Waals surface area contributed by atoms with Crippen LogP contribution in [0.2, 0.25) is 0 Å². The highest BCUT2D eigenvalue weighted by Gasteiger charge is 2.10. The topological polar surface area (TPSA) is 72.8 Å². The van der Waals surface area contributed by atoms with Gasteiger partial charge in [-0.2, -0.15) is 0 Å². The van der Waals surface area contributed by atoms with Gasteiger partial charge >= 0.3 is 5.97 Å². The number of carbonyl (C=O) groups excluding carboxylic acids is 1. The van der Waals surface area contributed by atoms with Crippen LogP contribution in [0.5, 0.6) is 11.5 Å². The second-order valence-corrected chi connectivity index (χ2v) is 7.72. The van der Waals surface area contributed by atoms with Gasteiger partial charge in [0.2, 0.25) is 0 Å². The molecule has 0 bridgehead atoms. The van der Waals surface area contributed by atoms with Gasteiger partial charge < -0.3 is 14.6 Å². The van der Waals surface area contributed by atoms with Crippen molar-refractivity contribution in [2.24, 2.45) is 0 Å². The van der Waals surface area contributed by atoms with E-state index in [4.69, 9.17) is 14.6 Å². The zero-order valence-electron chi connectivity index (χ0n) is 18.7. The van der Waals surface area contributed by atoms with Gasteiger partial charge in [-0.1, -0.05) is 38.8 Å². The molecule has 0 saturated heterocycles. The minimum Gasteiger partial charge on any atom is -0.494 e. The van der Waals surface area contributed by atoms with E-state index in [1.807, 2.05) is 30.3 Å². The number of Topliss-reactive ketones (excluding diaryl/α,β-unsaturated/α-hetero) is 1. The summed E-state index contributed by atoms with van der Waals surface area (Å²) in [5, 5.41) is 8.88. The molecule has 168 valence electrons. The highest BCUT2D eigenvalue weighted by molar-refractivity contribution is 5.96. The molecule has 0 amide bonds. The number of carbonyl (C=O) groups is 2. The van der Waals surface area contributed by atoms with Gasteiger partial charge in [-0.3, -0.25) is 9.59 Å². The predicted molar refractivity (Wildman–Crippen MR) is 122 cm³/mol. The summed E-state index contributed by atoms with van der Waals surface area (Å²) in [4.78, 5) is 23.1. The van der Waals surface area contributed by atoms with Crippen LogP contribution in [0.25, 0.3) is 0 Å². The summed E-state index contributed by atoms with van der Waals surface area (Å²) in [5.74, 6) is 0.898. The number of carboxylic acid groups (broad SMARTS) is 1. The lowest BCUT2D eigenvalue weighted by molar-refractivity contribution is -0.136. The average molecular weight is 427 g/mol. The fraction of sp³-hybridized carbons (Fsp3) is 0.462. The predicted octanol–water partition coefficient (Wildman–Crippen LogP) is 5.88. The number of rotatable bonds is 15. The van der Waals surface area contributed by atoms with Crippen LogP contribution in [-0.2, 0) is 17.6 Å². The maximum Gasteiger partial charge on any atom is 0.307 e. The van der Waals surface area contributed by atoms with Crippen LogP contribution in [-0.4, -0.2) is 30.1 Å². The van der Waals surface area contributed by atoms with E-state index in [1.165, 1.54) is 0 Å². The van der Waals surface area contributed by atoms with Gasteiger partial charge in [-0.25, -0.2) is 0 Å². The van der Waals surface area contributed by atoms with Gasteiger partial charge in [0.1, 0.15) is 11.5 Å². The number of benzene rings is 2. The third-order valence-electron chi connectivity index (χ3n) is 4.98. The van der Waals surface area contributed by atoms with Gasteiger partial charge in [-0.15, -0.1) is 0 Å². The van der Waals surface area contributed by atoms with Crippen LogP contribution in [0, 0.1) is 0 Å². The molecule has 0 spiro atoms. The summed E-state index contributed by atoms with van der Waals surface area (Å²) in [6.07, 6.45) is 6.10. The Morgan fingerprint density at radius 3 is 2.39 bits per heavy atom. The molecule has 0 unspecified atom stereocenters. The first-order valence-corrected chi connectivity index (χ1v) is 11.3. The van der Waals surface area contributed by atoms with Crippen molar-refractivity contribution in [3.8, 4) is 11.5 Å². The van der Waals surface area contributed by atoms with Crippen LogP contribution < -0.4 is 9.47 Å². The first-order valence-electron chi connectivity index (χ1n) is 11.3. The van der Waals surface area contributed by atoms with E-state index in [0.29, 0.717) is 25.4 Å². The van der Waals surface area contributed by atoms with Crippen molar-refractivity contribution in [1.29, 1.82) is 0 Å². The van der Waals surface area contributed by atoms with Crippen molar-refractivity contribution in [2.45, 2.75) is 65.2 Å². The molecule has 1 N–H and O–H groups in total. The van der Waals surface area contributed by atoms with Gasteiger partial charge in [-0.05, 0) is 67.1 Å². The highest BCUT2D eigenvalue weighted by atomic mass is 16.5. The van der Waals surface area contributed by atoms with E-state index in [9.17, 15) is 9.59 Å². The molecule has 0 aliphatic heterocycles. The Hall–Kier alpha value is -2.82. The molecule has 2 aromatic carbocycles. The molecule has 0 fully saturated rings. The normalized spacial score (nSPS) is 10.6. The minimum absolute atomic E-state index is 0.00583. The number of aliphatic carboxylic acids is 1. The van der Waals surface area contributed by atoms with Crippen molar-refractivity contribution >= 4 is 11.8 Å². The lowest BCUT2D eigenvalue weighted by Gasteiger charge is -2.13. The molecular weight excluding hydrogens is 392 g/mol. The number of aryl methyl sites for hydroxylation is 1. The third kappa shape index (κ3) is 8.83. The third-order valence-corrected chi connectivity index (χ3v) is 4.98. The van der Waals surface area contributed by atoms with Gasteiger partial charge in [0.25, 0.3) is 0 Å². The van der Waals surface area contributed by atoms with Crippen LogP contribution in [0.4, 0.5) is 0 Å². The van der Waals surface area contributed by atoms with Crippen LogP contribution >= 0.6 is 0 Å². The zero-order chi connectivity index (χ0) is 22.5. The fourth-order valence-corrected chi connectivity index (χ4v) is 3.34. The second kappa shape index (κ2) is 13.5. The van der Waals surface area contributed by atoms with Crippen LogP contribution in [0.15, 0.2) is 42.5 Å². The highest BCUT2D eigenvalue weighted by Crippen LogP contribution is 2.23.